The molecule has 0 aliphatic carbocycles. The van der Waals surface area contributed by atoms with E-state index in [9.17, 15) is 18.0 Å². The SMILES string of the molecule is N#Cc1c(Cl)nsc1C(=O)Nc1c(Cl)cc(Cl)cc1C(F)(F)F. The van der Waals surface area contributed by atoms with E-state index in [1.165, 1.54) is 0 Å². The van der Waals surface area contributed by atoms with E-state index in [0.29, 0.717) is 17.6 Å². The summed E-state index contributed by atoms with van der Waals surface area (Å²) in [6.45, 7) is 0. The van der Waals surface area contributed by atoms with Gasteiger partial charge in [-0.15, -0.1) is 0 Å². The Kier molecular flexibility index (Phi) is 5.06. The Balaban J connectivity index is 2.48. The Morgan fingerprint density at radius 2 is 1.96 bits per heavy atom. The molecule has 1 amide bonds. The third-order valence-corrected chi connectivity index (χ3v) is 4.30. The molecule has 0 atom stereocenters. The molecule has 1 aromatic carbocycles. The van der Waals surface area contributed by atoms with Gasteiger partial charge in [-0.2, -0.15) is 22.8 Å². The number of alkyl halides is 3. The lowest BCUT2D eigenvalue weighted by Gasteiger charge is -2.15. The van der Waals surface area contributed by atoms with Crippen LogP contribution in [0.3, 0.4) is 0 Å². The molecule has 2 aromatic rings. The number of benzene rings is 1. The predicted octanol–water partition coefficient (Wildman–Crippen LogP) is 5.25. The van der Waals surface area contributed by atoms with Crippen LogP contribution >= 0.6 is 46.3 Å². The summed E-state index contributed by atoms with van der Waals surface area (Å²) < 4.78 is 42.8. The summed E-state index contributed by atoms with van der Waals surface area (Å²) >= 11 is 17.5. The first-order valence-corrected chi connectivity index (χ1v) is 7.48. The van der Waals surface area contributed by atoms with Crippen molar-refractivity contribution in [2.24, 2.45) is 0 Å². The van der Waals surface area contributed by atoms with Gasteiger partial charge in [0.1, 0.15) is 16.5 Å². The van der Waals surface area contributed by atoms with Crippen molar-refractivity contribution in [2.45, 2.75) is 6.18 Å². The smallest absolute Gasteiger partial charge is 0.319 e. The van der Waals surface area contributed by atoms with Gasteiger partial charge < -0.3 is 5.32 Å². The lowest BCUT2D eigenvalue weighted by Crippen LogP contribution is -2.17. The van der Waals surface area contributed by atoms with Crippen molar-refractivity contribution in [2.75, 3.05) is 5.32 Å². The normalized spacial score (nSPS) is 11.2. The number of hydrogen-bond acceptors (Lipinski definition) is 4. The van der Waals surface area contributed by atoms with Crippen molar-refractivity contribution < 1.29 is 18.0 Å². The molecule has 1 N–H and O–H groups in total. The maximum absolute atomic E-state index is 13.1. The van der Waals surface area contributed by atoms with E-state index in [1.807, 2.05) is 5.32 Å². The van der Waals surface area contributed by atoms with Gasteiger partial charge in [0.15, 0.2) is 5.15 Å². The molecule has 4 nitrogen and oxygen atoms in total. The molecule has 0 spiro atoms. The van der Waals surface area contributed by atoms with Crippen LogP contribution in [0, 0.1) is 11.3 Å². The molecule has 2 rings (SSSR count). The molecule has 0 aliphatic heterocycles. The zero-order chi connectivity index (χ0) is 17.4. The number of hydrogen-bond donors (Lipinski definition) is 1. The van der Waals surface area contributed by atoms with Gasteiger partial charge in [0.05, 0.1) is 16.3 Å². The van der Waals surface area contributed by atoms with E-state index < -0.39 is 28.4 Å². The largest absolute Gasteiger partial charge is 0.418 e. The second-order valence-electron chi connectivity index (χ2n) is 4.05. The van der Waals surface area contributed by atoms with Gasteiger partial charge in [-0.05, 0) is 23.7 Å². The van der Waals surface area contributed by atoms with E-state index in [0.717, 1.165) is 6.07 Å². The van der Waals surface area contributed by atoms with Gasteiger partial charge in [-0.3, -0.25) is 4.79 Å². The average Bonchev–Trinajstić information content (AvgIpc) is 2.81. The van der Waals surface area contributed by atoms with E-state index in [1.54, 1.807) is 6.07 Å². The average molecular weight is 401 g/mol. The van der Waals surface area contributed by atoms with Crippen LogP contribution in [0.5, 0.6) is 0 Å². The molecule has 0 saturated carbocycles. The summed E-state index contributed by atoms with van der Waals surface area (Å²) in [4.78, 5) is 11.9. The van der Waals surface area contributed by atoms with Crippen LogP contribution in [-0.4, -0.2) is 10.3 Å². The highest BCUT2D eigenvalue weighted by molar-refractivity contribution is 7.08. The Hall–Kier alpha value is -1.53. The molecule has 0 saturated heterocycles. The van der Waals surface area contributed by atoms with Crippen molar-refractivity contribution >= 4 is 57.9 Å². The lowest BCUT2D eigenvalue weighted by molar-refractivity contribution is -0.136. The number of amides is 1. The molecule has 1 heterocycles. The molecule has 23 heavy (non-hydrogen) atoms. The molecule has 0 radical (unpaired) electrons. The number of aromatic nitrogens is 1. The number of halogens is 6. The molecular formula is C12H3Cl3F3N3OS. The number of nitriles is 1. The minimum atomic E-state index is -4.79. The van der Waals surface area contributed by atoms with Crippen molar-refractivity contribution in [3.8, 4) is 6.07 Å². The van der Waals surface area contributed by atoms with E-state index in [-0.39, 0.29) is 20.6 Å². The third kappa shape index (κ3) is 3.70. The van der Waals surface area contributed by atoms with Gasteiger partial charge in [0.25, 0.3) is 5.91 Å². The topological polar surface area (TPSA) is 65.8 Å². The summed E-state index contributed by atoms with van der Waals surface area (Å²) in [5.41, 5.74) is -2.10. The fraction of sp³-hybridized carbons (Fsp3) is 0.0833. The van der Waals surface area contributed by atoms with Crippen molar-refractivity contribution in [1.29, 1.82) is 5.26 Å². The van der Waals surface area contributed by atoms with Crippen molar-refractivity contribution in [3.05, 3.63) is 43.3 Å². The zero-order valence-corrected chi connectivity index (χ0v) is 13.7. The van der Waals surface area contributed by atoms with Crippen LogP contribution in [0.1, 0.15) is 20.8 Å². The van der Waals surface area contributed by atoms with Crippen LogP contribution in [0.25, 0.3) is 0 Å². The molecule has 120 valence electrons. The first kappa shape index (κ1) is 17.8. The molecular weight excluding hydrogens is 398 g/mol. The highest BCUT2D eigenvalue weighted by Gasteiger charge is 2.36. The number of nitrogens with zero attached hydrogens (tertiary/aromatic N) is 2. The number of nitrogens with one attached hydrogen (secondary N) is 1. The van der Waals surface area contributed by atoms with Crippen molar-refractivity contribution in [3.63, 3.8) is 0 Å². The Bertz CT molecular complexity index is 829. The van der Waals surface area contributed by atoms with Crippen LogP contribution in [0.15, 0.2) is 12.1 Å². The Morgan fingerprint density at radius 3 is 2.52 bits per heavy atom. The number of rotatable bonds is 2. The van der Waals surface area contributed by atoms with Gasteiger partial charge >= 0.3 is 6.18 Å². The second-order valence-corrected chi connectivity index (χ2v) is 6.03. The minimum Gasteiger partial charge on any atom is -0.319 e. The Labute approximate surface area is 146 Å². The van der Waals surface area contributed by atoms with Gasteiger partial charge in [0, 0.05) is 5.02 Å². The standard InChI is InChI=1S/C12H3Cl3F3N3OS/c13-4-1-6(12(16,17)18)8(7(14)2-4)20-11(22)9-5(3-19)10(15)21-23-9/h1-2H,(H,20,22). The summed E-state index contributed by atoms with van der Waals surface area (Å²) in [6.07, 6.45) is -4.79. The van der Waals surface area contributed by atoms with Crippen LogP contribution in [-0.2, 0) is 6.18 Å². The maximum atomic E-state index is 13.1. The van der Waals surface area contributed by atoms with Gasteiger partial charge in [0.2, 0.25) is 0 Å². The quantitative estimate of drug-likeness (QED) is 0.749. The Morgan fingerprint density at radius 1 is 1.30 bits per heavy atom. The summed E-state index contributed by atoms with van der Waals surface area (Å²) in [7, 11) is 0. The first-order valence-electron chi connectivity index (χ1n) is 5.58. The van der Waals surface area contributed by atoms with Gasteiger partial charge in [-0.25, -0.2) is 0 Å². The number of carbonyl (C=O) groups excluding carboxylic acids is 1. The molecule has 0 aliphatic rings. The summed E-state index contributed by atoms with van der Waals surface area (Å²) in [5, 5.41) is 10.1. The lowest BCUT2D eigenvalue weighted by atomic mass is 10.1. The first-order chi connectivity index (χ1) is 10.6. The van der Waals surface area contributed by atoms with Crippen LogP contribution < -0.4 is 5.32 Å². The highest BCUT2D eigenvalue weighted by Crippen LogP contribution is 2.41. The number of anilines is 1. The van der Waals surface area contributed by atoms with E-state index >= 15 is 0 Å². The third-order valence-electron chi connectivity index (χ3n) is 2.57. The summed E-state index contributed by atoms with van der Waals surface area (Å²) in [5.74, 6) is -0.985. The van der Waals surface area contributed by atoms with Crippen LogP contribution in [0.4, 0.5) is 18.9 Å². The fourth-order valence-electron chi connectivity index (χ4n) is 1.62. The van der Waals surface area contributed by atoms with Crippen molar-refractivity contribution in [1.82, 2.24) is 4.37 Å². The molecule has 0 bridgehead atoms. The molecule has 0 unspecified atom stereocenters. The molecule has 1 aromatic heterocycles. The van der Waals surface area contributed by atoms with Crippen LogP contribution in [0.2, 0.25) is 15.2 Å². The van der Waals surface area contributed by atoms with E-state index in [2.05, 4.69) is 4.37 Å². The minimum absolute atomic E-state index is 0.208. The highest BCUT2D eigenvalue weighted by atomic mass is 35.5. The predicted molar refractivity (Wildman–Crippen MR) is 81.3 cm³/mol. The van der Waals surface area contributed by atoms with E-state index in [4.69, 9.17) is 40.1 Å². The number of carbonyl (C=O) groups is 1. The fourth-order valence-corrected chi connectivity index (χ4v) is 3.08. The van der Waals surface area contributed by atoms with Gasteiger partial charge in [-0.1, -0.05) is 34.8 Å². The molecule has 0 fully saturated rings. The second kappa shape index (κ2) is 6.53. The monoisotopic (exact) mass is 399 g/mol. The summed E-state index contributed by atoms with van der Waals surface area (Å²) in [6, 6.07) is 3.35. The molecule has 11 heteroatoms. The zero-order valence-electron chi connectivity index (χ0n) is 10.6. The maximum Gasteiger partial charge on any atom is 0.418 e.